The summed E-state index contributed by atoms with van der Waals surface area (Å²) in [7, 11) is 0. The van der Waals surface area contributed by atoms with Crippen LogP contribution >= 0.6 is 23.2 Å². The Kier molecular flexibility index (Phi) is 5.65. The van der Waals surface area contributed by atoms with E-state index in [0.717, 1.165) is 5.69 Å². The summed E-state index contributed by atoms with van der Waals surface area (Å²) < 4.78 is 0. The first-order valence-electron chi connectivity index (χ1n) is 6.57. The van der Waals surface area contributed by atoms with Gasteiger partial charge < -0.3 is 10.6 Å². The van der Waals surface area contributed by atoms with Crippen molar-refractivity contribution in [2.24, 2.45) is 0 Å². The maximum Gasteiger partial charge on any atom is 0.226 e. The predicted octanol–water partition coefficient (Wildman–Crippen LogP) is 4.31. The number of anilines is 2. The number of rotatable bonds is 5. The lowest BCUT2D eigenvalue weighted by atomic mass is 10.2. The van der Waals surface area contributed by atoms with E-state index in [0.29, 0.717) is 27.8 Å². The number of hydrogen-bond acceptors (Lipinski definition) is 3. The van der Waals surface area contributed by atoms with Crippen molar-refractivity contribution in [2.45, 2.75) is 6.42 Å². The Balaban J connectivity index is 1.84. The Hall–Kier alpha value is -2.22. The highest BCUT2D eigenvalue weighted by Gasteiger charge is 2.04. The van der Waals surface area contributed by atoms with E-state index in [1.165, 1.54) is 0 Å². The van der Waals surface area contributed by atoms with Crippen LogP contribution in [-0.2, 0) is 4.79 Å². The number of nitrogens with one attached hydrogen (secondary N) is 2. The van der Waals surface area contributed by atoms with Crippen LogP contribution in [0.3, 0.4) is 0 Å². The number of halogens is 2. The van der Waals surface area contributed by atoms with E-state index < -0.39 is 0 Å². The zero-order valence-electron chi connectivity index (χ0n) is 11.6. The number of nitrogens with zero attached hydrogens (tertiary/aromatic N) is 1. The second kappa shape index (κ2) is 7.69. The van der Waals surface area contributed by atoms with E-state index in [9.17, 15) is 4.79 Å². The minimum atomic E-state index is -0.151. The Morgan fingerprint density at radius 3 is 2.50 bits per heavy atom. The van der Waals surface area contributed by atoms with E-state index in [1.807, 2.05) is 6.07 Å². The number of hydrogen-bond donors (Lipinski definition) is 2. The summed E-state index contributed by atoms with van der Waals surface area (Å²) in [6.07, 6.45) is 0.279. The van der Waals surface area contributed by atoms with Crippen molar-refractivity contribution >= 4 is 40.5 Å². The van der Waals surface area contributed by atoms with E-state index in [1.54, 1.807) is 36.4 Å². The Labute approximate surface area is 138 Å². The van der Waals surface area contributed by atoms with Crippen LogP contribution in [0, 0.1) is 11.3 Å². The number of carbonyl (C=O) groups excluding carboxylic acids is 1. The molecular weight excluding hydrogens is 321 g/mol. The molecule has 22 heavy (non-hydrogen) atoms. The molecular formula is C16H13Cl2N3O. The molecule has 6 heteroatoms. The molecule has 0 spiro atoms. The normalized spacial score (nSPS) is 9.86. The second-order valence-corrected chi connectivity index (χ2v) is 5.45. The van der Waals surface area contributed by atoms with Gasteiger partial charge in [0, 0.05) is 34.4 Å². The first-order chi connectivity index (χ1) is 10.6. The Morgan fingerprint density at radius 1 is 1.09 bits per heavy atom. The first kappa shape index (κ1) is 16.2. The molecule has 0 heterocycles. The quantitative estimate of drug-likeness (QED) is 0.856. The third-order valence-corrected chi connectivity index (χ3v) is 3.26. The highest BCUT2D eigenvalue weighted by molar-refractivity contribution is 6.35. The smallest absolute Gasteiger partial charge is 0.226 e. The van der Waals surface area contributed by atoms with Gasteiger partial charge in [0.05, 0.1) is 11.6 Å². The van der Waals surface area contributed by atoms with Gasteiger partial charge in [-0.1, -0.05) is 29.3 Å². The predicted molar refractivity (Wildman–Crippen MR) is 89.4 cm³/mol. The molecule has 0 fully saturated rings. The van der Waals surface area contributed by atoms with Gasteiger partial charge in [-0.15, -0.1) is 0 Å². The number of amides is 1. The highest BCUT2D eigenvalue weighted by Crippen LogP contribution is 2.22. The van der Waals surface area contributed by atoms with E-state index in [-0.39, 0.29) is 12.3 Å². The summed E-state index contributed by atoms with van der Waals surface area (Å²) in [5, 5.41) is 15.6. The molecule has 0 atom stereocenters. The third-order valence-electron chi connectivity index (χ3n) is 2.82. The topological polar surface area (TPSA) is 64.9 Å². The Bertz CT molecular complexity index is 705. The molecule has 2 N–H and O–H groups in total. The van der Waals surface area contributed by atoms with E-state index in [4.69, 9.17) is 28.5 Å². The summed E-state index contributed by atoms with van der Waals surface area (Å²) in [4.78, 5) is 11.9. The van der Waals surface area contributed by atoms with Crippen LogP contribution in [0.2, 0.25) is 10.0 Å². The minimum Gasteiger partial charge on any atom is -0.384 e. The molecule has 0 aliphatic carbocycles. The largest absolute Gasteiger partial charge is 0.384 e. The van der Waals surface area contributed by atoms with Crippen molar-refractivity contribution in [2.75, 3.05) is 17.2 Å². The highest BCUT2D eigenvalue weighted by atomic mass is 35.5. The van der Waals surface area contributed by atoms with Crippen LogP contribution in [0.5, 0.6) is 0 Å². The van der Waals surface area contributed by atoms with Crippen LogP contribution in [-0.4, -0.2) is 12.5 Å². The standard InChI is InChI=1S/C16H13Cl2N3O/c17-12-7-13(18)9-15(8-12)21-16(22)4-5-20-14-3-1-2-11(6-14)10-19/h1-3,6-9,20H,4-5H2,(H,21,22). The van der Waals surface area contributed by atoms with Crippen molar-refractivity contribution in [3.05, 3.63) is 58.1 Å². The molecule has 0 radical (unpaired) electrons. The lowest BCUT2D eigenvalue weighted by molar-refractivity contribution is -0.115. The zero-order valence-corrected chi connectivity index (χ0v) is 13.1. The summed E-state index contributed by atoms with van der Waals surface area (Å²) in [5.41, 5.74) is 1.94. The van der Waals surface area contributed by atoms with Crippen LogP contribution < -0.4 is 10.6 Å². The van der Waals surface area contributed by atoms with Gasteiger partial charge in [0.25, 0.3) is 0 Å². The van der Waals surface area contributed by atoms with Crippen LogP contribution in [0.25, 0.3) is 0 Å². The molecule has 0 saturated carbocycles. The molecule has 0 aromatic heterocycles. The van der Waals surface area contributed by atoms with Gasteiger partial charge in [-0.2, -0.15) is 5.26 Å². The van der Waals surface area contributed by atoms with Crippen LogP contribution in [0.4, 0.5) is 11.4 Å². The molecule has 112 valence electrons. The van der Waals surface area contributed by atoms with Crippen molar-refractivity contribution in [3.63, 3.8) is 0 Å². The molecule has 0 unspecified atom stereocenters. The van der Waals surface area contributed by atoms with Crippen molar-refractivity contribution in [3.8, 4) is 6.07 Å². The summed E-state index contributed by atoms with van der Waals surface area (Å²) in [6, 6.07) is 14.0. The van der Waals surface area contributed by atoms with Gasteiger partial charge >= 0.3 is 0 Å². The SMILES string of the molecule is N#Cc1cccc(NCCC(=O)Nc2cc(Cl)cc(Cl)c2)c1. The van der Waals surface area contributed by atoms with Gasteiger partial charge in [-0.3, -0.25) is 4.79 Å². The fraction of sp³-hybridized carbons (Fsp3) is 0.125. The maximum atomic E-state index is 11.9. The second-order valence-electron chi connectivity index (χ2n) is 4.58. The fourth-order valence-corrected chi connectivity index (χ4v) is 2.39. The van der Waals surface area contributed by atoms with Crippen molar-refractivity contribution < 1.29 is 4.79 Å². The van der Waals surface area contributed by atoms with Crippen molar-refractivity contribution in [1.82, 2.24) is 0 Å². The lowest BCUT2D eigenvalue weighted by Crippen LogP contribution is -2.16. The lowest BCUT2D eigenvalue weighted by Gasteiger charge is -2.08. The molecule has 0 aliphatic heterocycles. The average molecular weight is 334 g/mol. The zero-order chi connectivity index (χ0) is 15.9. The summed E-state index contributed by atoms with van der Waals surface area (Å²) >= 11 is 11.7. The monoisotopic (exact) mass is 333 g/mol. The van der Waals surface area contributed by atoms with Gasteiger partial charge in [0.1, 0.15) is 0 Å². The molecule has 0 saturated heterocycles. The van der Waals surface area contributed by atoms with E-state index in [2.05, 4.69) is 16.7 Å². The summed E-state index contributed by atoms with van der Waals surface area (Å²) in [6.45, 7) is 0.453. The average Bonchev–Trinajstić information content (AvgIpc) is 2.46. The molecule has 2 aromatic carbocycles. The summed E-state index contributed by atoms with van der Waals surface area (Å²) in [5.74, 6) is -0.151. The van der Waals surface area contributed by atoms with Crippen LogP contribution in [0.15, 0.2) is 42.5 Å². The van der Waals surface area contributed by atoms with E-state index >= 15 is 0 Å². The third kappa shape index (κ3) is 4.96. The molecule has 1 amide bonds. The first-order valence-corrected chi connectivity index (χ1v) is 7.32. The molecule has 0 bridgehead atoms. The molecule has 0 aliphatic rings. The molecule has 2 rings (SSSR count). The van der Waals surface area contributed by atoms with Crippen molar-refractivity contribution in [1.29, 1.82) is 5.26 Å². The molecule has 4 nitrogen and oxygen atoms in total. The number of benzene rings is 2. The maximum absolute atomic E-state index is 11.9. The van der Waals surface area contributed by atoms with Crippen LogP contribution in [0.1, 0.15) is 12.0 Å². The minimum absolute atomic E-state index is 0.151. The van der Waals surface area contributed by atoms with Gasteiger partial charge in [-0.05, 0) is 36.4 Å². The molecule has 2 aromatic rings. The fourth-order valence-electron chi connectivity index (χ4n) is 1.87. The van der Waals surface area contributed by atoms with Gasteiger partial charge in [0.15, 0.2) is 0 Å². The van der Waals surface area contributed by atoms with Gasteiger partial charge in [-0.25, -0.2) is 0 Å². The number of nitriles is 1. The number of carbonyl (C=O) groups is 1. The Morgan fingerprint density at radius 2 is 1.82 bits per heavy atom. The van der Waals surface area contributed by atoms with Gasteiger partial charge in [0.2, 0.25) is 5.91 Å².